The molecule has 1 unspecified atom stereocenters. The van der Waals surface area contributed by atoms with Crippen molar-refractivity contribution in [3.05, 3.63) is 29.3 Å². The number of halogens is 1. The molecule has 1 aliphatic rings. The van der Waals surface area contributed by atoms with Crippen molar-refractivity contribution in [1.82, 2.24) is 10.2 Å². The van der Waals surface area contributed by atoms with Crippen LogP contribution in [0, 0.1) is 0 Å². The average Bonchev–Trinajstić information content (AvgIpc) is 2.45. The van der Waals surface area contributed by atoms with Crippen LogP contribution in [-0.4, -0.2) is 48.6 Å². The van der Waals surface area contributed by atoms with Crippen LogP contribution in [0.25, 0.3) is 0 Å². The Morgan fingerprint density at radius 2 is 1.86 bits per heavy atom. The smallest absolute Gasteiger partial charge is 0.237 e. The molecule has 1 aliphatic heterocycles. The Morgan fingerprint density at radius 1 is 1.23 bits per heavy atom. The van der Waals surface area contributed by atoms with Gasteiger partial charge in [0.25, 0.3) is 0 Å². The van der Waals surface area contributed by atoms with E-state index in [1.807, 2.05) is 45.9 Å². The number of benzene rings is 1. The fourth-order valence-corrected chi connectivity index (χ4v) is 2.86. The lowest BCUT2D eigenvalue weighted by Gasteiger charge is -2.39. The van der Waals surface area contributed by atoms with Gasteiger partial charge in [0, 0.05) is 42.4 Å². The number of rotatable bonds is 3. The van der Waals surface area contributed by atoms with Gasteiger partial charge < -0.3 is 10.2 Å². The van der Waals surface area contributed by atoms with Crippen LogP contribution in [0.15, 0.2) is 24.3 Å². The second-order valence-corrected chi connectivity index (χ2v) is 7.35. The topological polar surface area (TPSA) is 35.6 Å². The zero-order chi connectivity index (χ0) is 16.3. The first-order valence-electron chi connectivity index (χ1n) is 7.83. The molecule has 1 atom stereocenters. The molecule has 5 heteroatoms. The van der Waals surface area contributed by atoms with Crippen molar-refractivity contribution in [3.8, 4) is 0 Å². The van der Waals surface area contributed by atoms with Crippen molar-refractivity contribution in [2.24, 2.45) is 0 Å². The fraction of sp³-hybridized carbons (Fsp3) is 0.588. The third kappa shape index (κ3) is 4.62. The van der Waals surface area contributed by atoms with Crippen LogP contribution in [-0.2, 0) is 4.79 Å². The van der Waals surface area contributed by atoms with Crippen LogP contribution in [0.5, 0.6) is 0 Å². The second kappa shape index (κ2) is 6.88. The average molecular weight is 324 g/mol. The van der Waals surface area contributed by atoms with Gasteiger partial charge in [0.1, 0.15) is 0 Å². The maximum atomic E-state index is 12.3. The minimum Gasteiger partial charge on any atom is -0.369 e. The van der Waals surface area contributed by atoms with E-state index in [-0.39, 0.29) is 17.5 Å². The molecule has 0 bridgehead atoms. The highest BCUT2D eigenvalue weighted by Gasteiger charge is 2.27. The van der Waals surface area contributed by atoms with E-state index in [1.165, 1.54) is 0 Å². The van der Waals surface area contributed by atoms with E-state index in [4.69, 9.17) is 11.6 Å². The molecular formula is C17H26ClN3O. The number of hydrogen-bond acceptors (Lipinski definition) is 3. The van der Waals surface area contributed by atoms with Gasteiger partial charge in [0.05, 0.1) is 6.04 Å². The van der Waals surface area contributed by atoms with E-state index in [9.17, 15) is 4.79 Å². The largest absolute Gasteiger partial charge is 0.369 e. The maximum Gasteiger partial charge on any atom is 0.237 e. The van der Waals surface area contributed by atoms with E-state index in [0.717, 1.165) is 36.9 Å². The normalized spacial score (nSPS) is 18.1. The lowest BCUT2D eigenvalue weighted by molar-refractivity contribution is -0.127. The number of amides is 1. The summed E-state index contributed by atoms with van der Waals surface area (Å²) in [6.45, 7) is 11.6. The SMILES string of the molecule is CC(C(=O)NC(C)(C)C)N1CCN(c2cccc(Cl)c2)CC1. The summed E-state index contributed by atoms with van der Waals surface area (Å²) in [4.78, 5) is 16.8. The highest BCUT2D eigenvalue weighted by molar-refractivity contribution is 6.30. The van der Waals surface area contributed by atoms with Crippen molar-refractivity contribution >= 4 is 23.2 Å². The number of carbonyl (C=O) groups excluding carboxylic acids is 1. The summed E-state index contributed by atoms with van der Waals surface area (Å²) in [5.41, 5.74) is 0.965. The first-order valence-corrected chi connectivity index (χ1v) is 8.21. The van der Waals surface area contributed by atoms with E-state index >= 15 is 0 Å². The maximum absolute atomic E-state index is 12.3. The number of carbonyl (C=O) groups is 1. The van der Waals surface area contributed by atoms with Gasteiger partial charge in [-0.3, -0.25) is 9.69 Å². The number of hydrogen-bond donors (Lipinski definition) is 1. The predicted molar refractivity (Wildman–Crippen MR) is 92.6 cm³/mol. The Balaban J connectivity index is 1.90. The van der Waals surface area contributed by atoms with E-state index < -0.39 is 0 Å². The Labute approximate surface area is 138 Å². The van der Waals surface area contributed by atoms with Gasteiger partial charge in [-0.15, -0.1) is 0 Å². The Morgan fingerprint density at radius 3 is 2.41 bits per heavy atom. The van der Waals surface area contributed by atoms with Gasteiger partial charge in [-0.05, 0) is 45.9 Å². The van der Waals surface area contributed by atoms with E-state index in [2.05, 4.69) is 21.2 Å². The molecule has 0 aliphatic carbocycles. The molecule has 1 saturated heterocycles. The summed E-state index contributed by atoms with van der Waals surface area (Å²) in [5.74, 6) is 0.101. The summed E-state index contributed by atoms with van der Waals surface area (Å²) in [5, 5.41) is 3.82. The van der Waals surface area contributed by atoms with Gasteiger partial charge in [0.15, 0.2) is 0 Å². The standard InChI is InChI=1S/C17H26ClN3O/c1-13(16(22)19-17(2,3)4)20-8-10-21(11-9-20)15-7-5-6-14(18)12-15/h5-7,12-13H,8-11H2,1-4H3,(H,19,22). The molecular weight excluding hydrogens is 298 g/mol. The van der Waals surface area contributed by atoms with Crippen LogP contribution < -0.4 is 10.2 Å². The predicted octanol–water partition coefficient (Wildman–Crippen LogP) is 2.77. The number of anilines is 1. The van der Waals surface area contributed by atoms with Gasteiger partial charge in [-0.25, -0.2) is 0 Å². The van der Waals surface area contributed by atoms with Crippen molar-refractivity contribution in [2.45, 2.75) is 39.3 Å². The van der Waals surface area contributed by atoms with Crippen LogP contribution >= 0.6 is 11.6 Å². The van der Waals surface area contributed by atoms with E-state index in [1.54, 1.807) is 0 Å². The number of nitrogens with zero attached hydrogens (tertiary/aromatic N) is 2. The minimum atomic E-state index is -0.187. The highest BCUT2D eigenvalue weighted by atomic mass is 35.5. The molecule has 0 saturated carbocycles. The molecule has 0 aromatic heterocycles. The number of piperazine rings is 1. The Bertz CT molecular complexity index is 519. The molecule has 0 radical (unpaired) electrons. The summed E-state index contributed by atoms with van der Waals surface area (Å²) >= 11 is 6.06. The summed E-state index contributed by atoms with van der Waals surface area (Å²) < 4.78 is 0. The molecule has 1 N–H and O–H groups in total. The van der Waals surface area contributed by atoms with Gasteiger partial charge in [-0.2, -0.15) is 0 Å². The fourth-order valence-electron chi connectivity index (χ4n) is 2.68. The Hall–Kier alpha value is -1.26. The monoisotopic (exact) mass is 323 g/mol. The molecule has 2 rings (SSSR count). The van der Waals surface area contributed by atoms with Crippen molar-refractivity contribution in [3.63, 3.8) is 0 Å². The summed E-state index contributed by atoms with van der Waals surface area (Å²) in [7, 11) is 0. The first kappa shape index (κ1) is 17.1. The minimum absolute atomic E-state index is 0.0965. The Kier molecular flexibility index (Phi) is 5.35. The van der Waals surface area contributed by atoms with Gasteiger partial charge in [-0.1, -0.05) is 17.7 Å². The number of nitrogens with one attached hydrogen (secondary N) is 1. The van der Waals surface area contributed by atoms with Crippen molar-refractivity contribution in [2.75, 3.05) is 31.1 Å². The molecule has 4 nitrogen and oxygen atoms in total. The third-order valence-electron chi connectivity index (χ3n) is 3.91. The van der Waals surface area contributed by atoms with Crippen LogP contribution in [0.1, 0.15) is 27.7 Å². The lowest BCUT2D eigenvalue weighted by Crippen LogP contribution is -2.56. The highest BCUT2D eigenvalue weighted by Crippen LogP contribution is 2.21. The molecule has 22 heavy (non-hydrogen) atoms. The molecule has 1 amide bonds. The van der Waals surface area contributed by atoms with Gasteiger partial charge in [0.2, 0.25) is 5.91 Å². The third-order valence-corrected chi connectivity index (χ3v) is 4.15. The van der Waals surface area contributed by atoms with E-state index in [0.29, 0.717) is 0 Å². The van der Waals surface area contributed by atoms with Gasteiger partial charge >= 0.3 is 0 Å². The molecule has 1 aromatic rings. The molecule has 1 heterocycles. The van der Waals surface area contributed by atoms with Crippen LogP contribution in [0.4, 0.5) is 5.69 Å². The van der Waals surface area contributed by atoms with Crippen molar-refractivity contribution in [1.29, 1.82) is 0 Å². The molecule has 1 fully saturated rings. The van der Waals surface area contributed by atoms with Crippen LogP contribution in [0.2, 0.25) is 5.02 Å². The molecule has 1 aromatic carbocycles. The van der Waals surface area contributed by atoms with Crippen LogP contribution in [0.3, 0.4) is 0 Å². The molecule has 0 spiro atoms. The summed E-state index contributed by atoms with van der Waals surface area (Å²) in [6.07, 6.45) is 0. The molecule has 122 valence electrons. The quantitative estimate of drug-likeness (QED) is 0.929. The first-order chi connectivity index (χ1) is 10.3. The van der Waals surface area contributed by atoms with Crippen molar-refractivity contribution < 1.29 is 4.79 Å². The summed E-state index contributed by atoms with van der Waals surface area (Å²) in [6, 6.07) is 7.84. The second-order valence-electron chi connectivity index (χ2n) is 6.92. The zero-order valence-corrected chi connectivity index (χ0v) is 14.7. The lowest BCUT2D eigenvalue weighted by atomic mass is 10.1. The zero-order valence-electron chi connectivity index (χ0n) is 13.9.